The van der Waals surface area contributed by atoms with E-state index in [0.29, 0.717) is 19.6 Å². The second-order valence-electron chi connectivity index (χ2n) is 5.39. The summed E-state index contributed by atoms with van der Waals surface area (Å²) in [6.07, 6.45) is 3.49. The van der Waals surface area contributed by atoms with Crippen LogP contribution in [0.15, 0.2) is 48.8 Å². The predicted octanol–water partition coefficient (Wildman–Crippen LogP) is 2.25. The zero-order valence-corrected chi connectivity index (χ0v) is 13.3. The number of carbonyl (C=O) groups is 1. The van der Waals surface area contributed by atoms with E-state index in [1.807, 2.05) is 53.1 Å². The normalized spacial score (nSPS) is 14.7. The standard InChI is InChI=1S/C17H21N5O/c1-2-22(15-7-4-3-5-8-15)17(23)21-13-11-20(12-14-21)16-18-9-6-10-19-16/h3-10H,2,11-14H2,1H3. The predicted molar refractivity (Wildman–Crippen MR) is 90.7 cm³/mol. The Morgan fingerprint density at radius 2 is 1.70 bits per heavy atom. The Hall–Kier alpha value is -2.63. The van der Waals surface area contributed by atoms with Gasteiger partial charge in [0, 0.05) is 50.8 Å². The average Bonchev–Trinajstić information content (AvgIpc) is 2.64. The number of aromatic nitrogens is 2. The molecule has 1 aliphatic rings. The second-order valence-corrected chi connectivity index (χ2v) is 5.39. The van der Waals surface area contributed by atoms with Crippen molar-refractivity contribution in [1.82, 2.24) is 14.9 Å². The summed E-state index contributed by atoms with van der Waals surface area (Å²) in [5.74, 6) is 0.731. The molecule has 0 N–H and O–H groups in total. The van der Waals surface area contributed by atoms with Gasteiger partial charge in [-0.2, -0.15) is 0 Å². The molecule has 2 amide bonds. The lowest BCUT2D eigenvalue weighted by Crippen LogP contribution is -2.53. The smallest absolute Gasteiger partial charge is 0.324 e. The van der Waals surface area contributed by atoms with Crippen LogP contribution in [-0.4, -0.2) is 53.6 Å². The van der Waals surface area contributed by atoms with Crippen LogP contribution in [-0.2, 0) is 0 Å². The molecule has 6 nitrogen and oxygen atoms in total. The van der Waals surface area contributed by atoms with Crippen LogP contribution >= 0.6 is 0 Å². The molecular formula is C17H21N5O. The number of amides is 2. The summed E-state index contributed by atoms with van der Waals surface area (Å²) in [5.41, 5.74) is 0.939. The molecule has 3 rings (SSSR count). The van der Waals surface area contributed by atoms with Gasteiger partial charge < -0.3 is 9.80 Å². The quantitative estimate of drug-likeness (QED) is 0.872. The highest BCUT2D eigenvalue weighted by Crippen LogP contribution is 2.17. The van der Waals surface area contributed by atoms with Crippen molar-refractivity contribution in [3.63, 3.8) is 0 Å². The fraction of sp³-hybridized carbons (Fsp3) is 0.353. The summed E-state index contributed by atoms with van der Waals surface area (Å²) in [4.78, 5) is 27.1. The molecule has 6 heteroatoms. The first kappa shape index (κ1) is 15.3. The summed E-state index contributed by atoms with van der Waals surface area (Å²) in [5, 5.41) is 0. The Morgan fingerprint density at radius 1 is 1.04 bits per heavy atom. The number of hydrogen-bond acceptors (Lipinski definition) is 4. The van der Waals surface area contributed by atoms with Gasteiger partial charge in [0.1, 0.15) is 0 Å². The monoisotopic (exact) mass is 311 g/mol. The molecule has 0 saturated carbocycles. The first-order valence-corrected chi connectivity index (χ1v) is 7.93. The highest BCUT2D eigenvalue weighted by molar-refractivity contribution is 5.92. The van der Waals surface area contributed by atoms with Crippen molar-refractivity contribution in [1.29, 1.82) is 0 Å². The zero-order chi connectivity index (χ0) is 16.1. The lowest BCUT2D eigenvalue weighted by atomic mass is 10.3. The summed E-state index contributed by atoms with van der Waals surface area (Å²) < 4.78 is 0. The average molecular weight is 311 g/mol. The number of rotatable bonds is 3. The van der Waals surface area contributed by atoms with Crippen LogP contribution in [0.4, 0.5) is 16.4 Å². The van der Waals surface area contributed by atoms with Crippen LogP contribution < -0.4 is 9.80 Å². The van der Waals surface area contributed by atoms with Gasteiger partial charge in [-0.15, -0.1) is 0 Å². The third-order valence-corrected chi connectivity index (χ3v) is 4.00. The molecule has 0 spiro atoms. The van der Waals surface area contributed by atoms with E-state index in [2.05, 4.69) is 14.9 Å². The van der Waals surface area contributed by atoms with E-state index in [0.717, 1.165) is 24.7 Å². The maximum Gasteiger partial charge on any atom is 0.324 e. The number of piperazine rings is 1. The van der Waals surface area contributed by atoms with Crippen molar-refractivity contribution in [2.45, 2.75) is 6.92 Å². The van der Waals surface area contributed by atoms with E-state index in [1.165, 1.54) is 0 Å². The van der Waals surface area contributed by atoms with Crippen molar-refractivity contribution in [2.75, 3.05) is 42.5 Å². The molecule has 23 heavy (non-hydrogen) atoms. The van der Waals surface area contributed by atoms with Crippen molar-refractivity contribution >= 4 is 17.7 Å². The van der Waals surface area contributed by atoms with Crippen molar-refractivity contribution in [3.05, 3.63) is 48.8 Å². The van der Waals surface area contributed by atoms with Gasteiger partial charge >= 0.3 is 6.03 Å². The Morgan fingerprint density at radius 3 is 2.30 bits per heavy atom. The molecule has 0 atom stereocenters. The third-order valence-electron chi connectivity index (χ3n) is 4.00. The van der Waals surface area contributed by atoms with Crippen LogP contribution in [0.5, 0.6) is 0 Å². The molecule has 0 radical (unpaired) electrons. The Labute approximate surface area is 136 Å². The first-order chi connectivity index (χ1) is 11.3. The molecular weight excluding hydrogens is 290 g/mol. The SMILES string of the molecule is CCN(C(=O)N1CCN(c2ncccn2)CC1)c1ccccc1. The van der Waals surface area contributed by atoms with E-state index in [1.54, 1.807) is 12.4 Å². The molecule has 1 fully saturated rings. The third kappa shape index (κ3) is 3.41. The van der Waals surface area contributed by atoms with Gasteiger partial charge in [-0.1, -0.05) is 18.2 Å². The molecule has 1 aromatic carbocycles. The van der Waals surface area contributed by atoms with Crippen LogP contribution in [0.25, 0.3) is 0 Å². The molecule has 1 aliphatic heterocycles. The number of anilines is 2. The highest BCUT2D eigenvalue weighted by atomic mass is 16.2. The van der Waals surface area contributed by atoms with Gasteiger partial charge in [0.05, 0.1) is 0 Å². The molecule has 0 bridgehead atoms. The lowest BCUT2D eigenvalue weighted by Gasteiger charge is -2.37. The number of nitrogens with zero attached hydrogens (tertiary/aromatic N) is 5. The Bertz CT molecular complexity index is 626. The van der Waals surface area contributed by atoms with Crippen LogP contribution in [0.3, 0.4) is 0 Å². The highest BCUT2D eigenvalue weighted by Gasteiger charge is 2.26. The topological polar surface area (TPSA) is 52.6 Å². The van der Waals surface area contributed by atoms with Gasteiger partial charge in [-0.05, 0) is 25.1 Å². The minimum atomic E-state index is 0.0623. The summed E-state index contributed by atoms with van der Waals surface area (Å²) in [6, 6.07) is 11.7. The minimum Gasteiger partial charge on any atom is -0.337 e. The van der Waals surface area contributed by atoms with Gasteiger partial charge in [0.2, 0.25) is 5.95 Å². The zero-order valence-electron chi connectivity index (χ0n) is 13.3. The maximum absolute atomic E-state index is 12.8. The minimum absolute atomic E-state index is 0.0623. The van der Waals surface area contributed by atoms with E-state index in [4.69, 9.17) is 0 Å². The molecule has 2 heterocycles. The van der Waals surface area contributed by atoms with Crippen LogP contribution in [0, 0.1) is 0 Å². The summed E-state index contributed by atoms with van der Waals surface area (Å²) >= 11 is 0. The van der Waals surface area contributed by atoms with E-state index < -0.39 is 0 Å². The molecule has 0 unspecified atom stereocenters. The summed E-state index contributed by atoms with van der Waals surface area (Å²) in [7, 11) is 0. The van der Waals surface area contributed by atoms with E-state index in [9.17, 15) is 4.79 Å². The second kappa shape index (κ2) is 7.09. The van der Waals surface area contributed by atoms with Gasteiger partial charge in [-0.3, -0.25) is 4.90 Å². The first-order valence-electron chi connectivity index (χ1n) is 7.93. The number of benzene rings is 1. The lowest BCUT2D eigenvalue weighted by molar-refractivity contribution is 0.201. The largest absolute Gasteiger partial charge is 0.337 e. The maximum atomic E-state index is 12.8. The molecule has 1 saturated heterocycles. The van der Waals surface area contributed by atoms with Gasteiger partial charge in [-0.25, -0.2) is 14.8 Å². The fourth-order valence-corrected chi connectivity index (χ4v) is 2.76. The molecule has 1 aromatic heterocycles. The molecule has 2 aromatic rings. The van der Waals surface area contributed by atoms with Crippen LogP contribution in [0.2, 0.25) is 0 Å². The summed E-state index contributed by atoms with van der Waals surface area (Å²) in [6.45, 7) is 5.52. The van der Waals surface area contributed by atoms with E-state index in [-0.39, 0.29) is 6.03 Å². The van der Waals surface area contributed by atoms with Crippen molar-refractivity contribution in [2.24, 2.45) is 0 Å². The number of urea groups is 1. The number of para-hydroxylation sites is 1. The number of carbonyl (C=O) groups excluding carboxylic acids is 1. The van der Waals surface area contributed by atoms with Crippen LogP contribution in [0.1, 0.15) is 6.92 Å². The molecule has 120 valence electrons. The number of hydrogen-bond donors (Lipinski definition) is 0. The fourth-order valence-electron chi connectivity index (χ4n) is 2.76. The van der Waals surface area contributed by atoms with Gasteiger partial charge in [0.25, 0.3) is 0 Å². The van der Waals surface area contributed by atoms with E-state index >= 15 is 0 Å². The Kier molecular flexibility index (Phi) is 4.71. The van der Waals surface area contributed by atoms with Gasteiger partial charge in [0.15, 0.2) is 0 Å². The Balaban J connectivity index is 1.64. The molecule has 0 aliphatic carbocycles. The van der Waals surface area contributed by atoms with Crippen molar-refractivity contribution < 1.29 is 4.79 Å². The van der Waals surface area contributed by atoms with Crippen molar-refractivity contribution in [3.8, 4) is 0 Å².